The van der Waals surface area contributed by atoms with Crippen LogP contribution in [0.3, 0.4) is 0 Å². The normalized spacial score (nSPS) is 10.9. The SMILES string of the molecule is Cc1nc2sc(C(=O)c3ccccc3)c(N)c2c(-c2ccncc2)c1C(=O)Nc1ccccc1. The van der Waals surface area contributed by atoms with Crippen molar-refractivity contribution in [1.29, 1.82) is 0 Å². The molecule has 1 amide bonds. The number of anilines is 2. The molecule has 0 aliphatic rings. The molecule has 166 valence electrons. The molecule has 5 rings (SSSR count). The first kappa shape index (κ1) is 21.5. The second-order valence-electron chi connectivity index (χ2n) is 7.72. The lowest BCUT2D eigenvalue weighted by Crippen LogP contribution is -2.16. The Morgan fingerprint density at radius 3 is 2.24 bits per heavy atom. The maximum Gasteiger partial charge on any atom is 0.258 e. The quantitative estimate of drug-likeness (QED) is 0.324. The number of aromatic nitrogens is 2. The predicted molar refractivity (Wildman–Crippen MR) is 136 cm³/mol. The Kier molecular flexibility index (Phi) is 5.61. The molecule has 0 bridgehead atoms. The number of hydrogen-bond donors (Lipinski definition) is 2. The Labute approximate surface area is 200 Å². The molecule has 0 unspecified atom stereocenters. The summed E-state index contributed by atoms with van der Waals surface area (Å²) in [7, 11) is 0. The van der Waals surface area contributed by atoms with E-state index in [4.69, 9.17) is 10.7 Å². The number of aryl methyl sites for hydroxylation is 1. The largest absolute Gasteiger partial charge is 0.397 e. The molecule has 5 aromatic rings. The molecule has 0 aliphatic heterocycles. The second-order valence-corrected chi connectivity index (χ2v) is 8.72. The van der Waals surface area contributed by atoms with E-state index in [2.05, 4.69) is 10.3 Å². The number of fused-ring (bicyclic) bond motifs is 1. The Hall–Kier alpha value is -4.36. The number of nitrogens with zero attached hydrogens (tertiary/aromatic N) is 2. The van der Waals surface area contributed by atoms with Gasteiger partial charge in [-0.15, -0.1) is 11.3 Å². The van der Waals surface area contributed by atoms with Crippen LogP contribution in [-0.2, 0) is 0 Å². The fourth-order valence-corrected chi connectivity index (χ4v) is 5.07. The van der Waals surface area contributed by atoms with Gasteiger partial charge in [-0.1, -0.05) is 48.5 Å². The zero-order valence-electron chi connectivity index (χ0n) is 18.3. The van der Waals surface area contributed by atoms with Crippen LogP contribution >= 0.6 is 11.3 Å². The zero-order chi connectivity index (χ0) is 23.7. The van der Waals surface area contributed by atoms with Crippen molar-refractivity contribution in [3.05, 3.63) is 107 Å². The van der Waals surface area contributed by atoms with E-state index in [1.165, 1.54) is 11.3 Å². The van der Waals surface area contributed by atoms with E-state index < -0.39 is 0 Å². The van der Waals surface area contributed by atoms with Gasteiger partial charge in [0.15, 0.2) is 0 Å². The van der Waals surface area contributed by atoms with E-state index in [1.807, 2.05) is 60.7 Å². The highest BCUT2D eigenvalue weighted by Gasteiger charge is 2.27. The molecule has 0 saturated carbocycles. The van der Waals surface area contributed by atoms with Crippen LogP contribution in [0.25, 0.3) is 21.3 Å². The number of carbonyl (C=O) groups is 2. The summed E-state index contributed by atoms with van der Waals surface area (Å²) in [5, 5.41) is 3.55. The van der Waals surface area contributed by atoms with Crippen molar-refractivity contribution in [2.45, 2.75) is 6.92 Å². The number of hydrogen-bond acceptors (Lipinski definition) is 6. The summed E-state index contributed by atoms with van der Waals surface area (Å²) in [4.78, 5) is 36.5. The highest BCUT2D eigenvalue weighted by atomic mass is 32.1. The number of carbonyl (C=O) groups excluding carboxylic acids is 2. The molecule has 34 heavy (non-hydrogen) atoms. The summed E-state index contributed by atoms with van der Waals surface area (Å²) in [6.45, 7) is 1.79. The van der Waals surface area contributed by atoms with Crippen molar-refractivity contribution >= 4 is 44.6 Å². The lowest BCUT2D eigenvalue weighted by molar-refractivity contribution is 0.102. The fraction of sp³-hybridized carbons (Fsp3) is 0.0370. The Bertz CT molecular complexity index is 1510. The highest BCUT2D eigenvalue weighted by Crippen LogP contribution is 2.42. The summed E-state index contributed by atoms with van der Waals surface area (Å²) < 4.78 is 0. The third-order valence-corrected chi connectivity index (χ3v) is 6.63. The molecule has 7 heteroatoms. The zero-order valence-corrected chi connectivity index (χ0v) is 19.1. The highest BCUT2D eigenvalue weighted by molar-refractivity contribution is 7.21. The molecular formula is C27H20N4O2S. The number of thiophene rings is 1. The smallest absolute Gasteiger partial charge is 0.258 e. The minimum absolute atomic E-state index is 0.172. The molecule has 0 radical (unpaired) electrons. The van der Waals surface area contributed by atoms with Crippen molar-refractivity contribution in [3.8, 4) is 11.1 Å². The lowest BCUT2D eigenvalue weighted by atomic mass is 9.95. The van der Waals surface area contributed by atoms with E-state index in [-0.39, 0.29) is 11.7 Å². The van der Waals surface area contributed by atoms with Gasteiger partial charge in [0.05, 0.1) is 16.9 Å². The van der Waals surface area contributed by atoms with Crippen molar-refractivity contribution in [1.82, 2.24) is 9.97 Å². The van der Waals surface area contributed by atoms with E-state index in [0.29, 0.717) is 48.9 Å². The van der Waals surface area contributed by atoms with E-state index in [0.717, 1.165) is 5.56 Å². The Morgan fingerprint density at radius 1 is 0.912 bits per heavy atom. The van der Waals surface area contributed by atoms with Crippen LogP contribution in [0.4, 0.5) is 11.4 Å². The van der Waals surface area contributed by atoms with Gasteiger partial charge in [0.25, 0.3) is 5.91 Å². The Morgan fingerprint density at radius 2 is 1.56 bits per heavy atom. The van der Waals surface area contributed by atoms with Crippen molar-refractivity contribution < 1.29 is 9.59 Å². The van der Waals surface area contributed by atoms with Crippen LogP contribution in [0.15, 0.2) is 85.2 Å². The van der Waals surface area contributed by atoms with Gasteiger partial charge in [0.1, 0.15) is 9.71 Å². The van der Waals surface area contributed by atoms with Crippen LogP contribution < -0.4 is 11.1 Å². The van der Waals surface area contributed by atoms with Crippen LogP contribution in [0, 0.1) is 6.92 Å². The van der Waals surface area contributed by atoms with Crippen molar-refractivity contribution in [3.63, 3.8) is 0 Å². The van der Waals surface area contributed by atoms with E-state index >= 15 is 0 Å². The monoisotopic (exact) mass is 464 g/mol. The molecule has 3 aromatic heterocycles. The molecule has 0 fully saturated rings. The predicted octanol–water partition coefficient (Wildman–Crippen LogP) is 5.73. The standard InChI is InChI=1S/C27H20N4O2S/c1-16-20(26(33)31-19-10-6-3-7-11-19)21(17-12-14-29-15-13-17)22-23(28)25(34-27(22)30-16)24(32)18-8-4-2-5-9-18/h2-15H,28H2,1H3,(H,31,33). The van der Waals surface area contributed by atoms with Crippen LogP contribution in [0.1, 0.15) is 31.3 Å². The minimum atomic E-state index is -0.300. The minimum Gasteiger partial charge on any atom is -0.397 e. The molecule has 0 spiro atoms. The van der Waals surface area contributed by atoms with Gasteiger partial charge < -0.3 is 11.1 Å². The first-order valence-electron chi connectivity index (χ1n) is 10.6. The summed E-state index contributed by atoms with van der Waals surface area (Å²) in [6.07, 6.45) is 3.32. The summed E-state index contributed by atoms with van der Waals surface area (Å²) in [6, 6.07) is 21.9. The van der Waals surface area contributed by atoms with Crippen molar-refractivity contribution in [2.24, 2.45) is 0 Å². The number of ketones is 1. The topological polar surface area (TPSA) is 98.0 Å². The molecular weight excluding hydrogens is 444 g/mol. The number of benzene rings is 2. The van der Waals surface area contributed by atoms with Crippen molar-refractivity contribution in [2.75, 3.05) is 11.1 Å². The van der Waals surface area contributed by atoms with Gasteiger partial charge in [-0.2, -0.15) is 0 Å². The Balaban J connectivity index is 1.74. The summed E-state index contributed by atoms with van der Waals surface area (Å²) in [5.74, 6) is -0.471. The number of nitrogens with one attached hydrogen (secondary N) is 1. The van der Waals surface area contributed by atoms with Gasteiger partial charge in [-0.05, 0) is 36.8 Å². The van der Waals surface area contributed by atoms with Gasteiger partial charge in [0, 0.05) is 34.6 Å². The molecule has 3 N–H and O–H groups in total. The number of para-hydroxylation sites is 1. The molecule has 0 saturated heterocycles. The number of nitrogens with two attached hydrogens (primary N) is 1. The first-order chi connectivity index (χ1) is 16.5. The van der Waals surface area contributed by atoms with Gasteiger partial charge in [-0.25, -0.2) is 4.98 Å². The number of amides is 1. The number of nitrogen functional groups attached to an aromatic ring is 1. The van der Waals surface area contributed by atoms with Gasteiger partial charge in [0.2, 0.25) is 5.78 Å². The molecule has 6 nitrogen and oxygen atoms in total. The maximum atomic E-state index is 13.5. The second kappa shape index (κ2) is 8.88. The third-order valence-electron chi connectivity index (χ3n) is 5.53. The molecule has 0 aliphatic carbocycles. The fourth-order valence-electron chi connectivity index (χ4n) is 3.96. The number of pyridine rings is 2. The van der Waals surface area contributed by atoms with Gasteiger partial charge >= 0.3 is 0 Å². The molecule has 3 heterocycles. The van der Waals surface area contributed by atoms with Crippen LogP contribution in [-0.4, -0.2) is 21.7 Å². The number of rotatable bonds is 5. The average molecular weight is 465 g/mol. The summed E-state index contributed by atoms with van der Waals surface area (Å²) >= 11 is 1.24. The van der Waals surface area contributed by atoms with Gasteiger partial charge in [-0.3, -0.25) is 14.6 Å². The van der Waals surface area contributed by atoms with E-state index in [9.17, 15) is 9.59 Å². The van der Waals surface area contributed by atoms with Crippen LogP contribution in [0.5, 0.6) is 0 Å². The average Bonchev–Trinajstić information content (AvgIpc) is 3.19. The first-order valence-corrected chi connectivity index (χ1v) is 11.5. The maximum absolute atomic E-state index is 13.5. The molecule has 2 aromatic carbocycles. The summed E-state index contributed by atoms with van der Waals surface area (Å²) in [5.41, 5.74) is 10.5. The third kappa shape index (κ3) is 3.82. The molecule has 0 atom stereocenters. The van der Waals surface area contributed by atoms with Crippen LogP contribution in [0.2, 0.25) is 0 Å². The lowest BCUT2D eigenvalue weighted by Gasteiger charge is -2.15. The van der Waals surface area contributed by atoms with E-state index in [1.54, 1.807) is 31.5 Å².